The quantitative estimate of drug-likeness (QED) is 0.681. The van der Waals surface area contributed by atoms with Crippen molar-refractivity contribution in [2.45, 2.75) is 6.11 Å². The Morgan fingerprint density at radius 3 is 2.23 bits per heavy atom. The molecule has 0 bridgehead atoms. The number of carbonyl (C=O) groups excluding carboxylic acids is 1. The predicted octanol–water partition coefficient (Wildman–Crippen LogP) is 2.00. The Labute approximate surface area is 71.9 Å². The van der Waals surface area contributed by atoms with Crippen LogP contribution in [0.5, 0.6) is 5.75 Å². The fourth-order valence-corrected chi connectivity index (χ4v) is 0.684. The zero-order valence-corrected chi connectivity index (χ0v) is 6.34. The second-order valence-electron chi connectivity index (χ2n) is 2.24. The first-order valence-electron chi connectivity index (χ1n) is 3.32. The van der Waals surface area contributed by atoms with Crippen molar-refractivity contribution in [2.24, 2.45) is 0 Å². The molecule has 0 aromatic heterocycles. The Morgan fingerprint density at radius 1 is 1.23 bits per heavy atom. The maximum Gasteiger partial charge on any atom is 0.457 e. The van der Waals surface area contributed by atoms with Crippen LogP contribution >= 0.6 is 0 Å². The van der Waals surface area contributed by atoms with Crippen LogP contribution in [-0.2, 0) is 4.79 Å². The van der Waals surface area contributed by atoms with Crippen molar-refractivity contribution >= 4 is 6.29 Å². The molecule has 0 N–H and O–H groups in total. The van der Waals surface area contributed by atoms with Gasteiger partial charge >= 0.3 is 6.11 Å². The number of carbonyl (C=O) groups is 1. The smallest absolute Gasteiger partial charge is 0.427 e. The van der Waals surface area contributed by atoms with Crippen molar-refractivity contribution in [2.75, 3.05) is 0 Å². The Morgan fingerprint density at radius 2 is 1.77 bits per heavy atom. The fourth-order valence-electron chi connectivity index (χ4n) is 0.684. The Bertz CT molecular complexity index is 295. The van der Waals surface area contributed by atoms with E-state index in [2.05, 4.69) is 4.74 Å². The van der Waals surface area contributed by atoms with Gasteiger partial charge in [0.05, 0.1) is 0 Å². The third-order valence-corrected chi connectivity index (χ3v) is 1.20. The molecular weight excluding hydrogens is 185 g/mol. The number of aldehydes is 1. The summed E-state index contributed by atoms with van der Waals surface area (Å²) >= 11 is 0. The zero-order valence-electron chi connectivity index (χ0n) is 6.34. The number of halogens is 3. The van der Waals surface area contributed by atoms with Crippen LogP contribution in [0.2, 0.25) is 0 Å². The van der Waals surface area contributed by atoms with Gasteiger partial charge in [-0.2, -0.15) is 8.78 Å². The first-order valence-corrected chi connectivity index (χ1v) is 3.32. The third-order valence-electron chi connectivity index (χ3n) is 1.20. The Balaban J connectivity index is 2.75. The van der Waals surface area contributed by atoms with E-state index < -0.39 is 18.2 Å². The van der Waals surface area contributed by atoms with E-state index in [9.17, 15) is 18.0 Å². The second-order valence-corrected chi connectivity index (χ2v) is 2.24. The number of rotatable bonds is 3. The van der Waals surface area contributed by atoms with E-state index >= 15 is 0 Å². The lowest BCUT2D eigenvalue weighted by Gasteiger charge is -2.10. The van der Waals surface area contributed by atoms with Crippen LogP contribution in [0.3, 0.4) is 0 Å². The summed E-state index contributed by atoms with van der Waals surface area (Å²) in [6, 6.07) is 3.92. The molecule has 0 heterocycles. The Hall–Kier alpha value is -1.52. The van der Waals surface area contributed by atoms with Crippen molar-refractivity contribution in [1.82, 2.24) is 0 Å². The Kier molecular flexibility index (Phi) is 2.55. The number of hydrogen-bond donors (Lipinski definition) is 0. The number of ether oxygens (including phenoxy) is 1. The van der Waals surface area contributed by atoms with Gasteiger partial charge in [-0.3, -0.25) is 4.79 Å². The topological polar surface area (TPSA) is 26.3 Å². The molecule has 0 atom stereocenters. The average Bonchev–Trinajstić information content (AvgIpc) is 2.09. The van der Waals surface area contributed by atoms with Gasteiger partial charge in [0.2, 0.25) is 6.29 Å². The lowest BCUT2D eigenvalue weighted by atomic mass is 10.3. The summed E-state index contributed by atoms with van der Waals surface area (Å²) in [4.78, 5) is 9.75. The van der Waals surface area contributed by atoms with E-state index in [0.29, 0.717) is 0 Å². The van der Waals surface area contributed by atoms with Crippen molar-refractivity contribution in [3.63, 3.8) is 0 Å². The minimum atomic E-state index is -3.86. The van der Waals surface area contributed by atoms with Crippen molar-refractivity contribution in [1.29, 1.82) is 0 Å². The van der Waals surface area contributed by atoms with Crippen LogP contribution in [0.4, 0.5) is 13.2 Å². The number of benzene rings is 1. The standard InChI is InChI=1S/C8H5F3O2/c9-6-1-3-7(4-2-6)13-8(10,11)5-12/h1-5H. The summed E-state index contributed by atoms with van der Waals surface area (Å²) < 4.78 is 40.7. The van der Waals surface area contributed by atoms with Gasteiger partial charge < -0.3 is 4.74 Å². The van der Waals surface area contributed by atoms with E-state index in [1.54, 1.807) is 0 Å². The van der Waals surface area contributed by atoms with E-state index in [-0.39, 0.29) is 5.75 Å². The highest BCUT2D eigenvalue weighted by Gasteiger charge is 2.30. The monoisotopic (exact) mass is 190 g/mol. The summed E-state index contributed by atoms with van der Waals surface area (Å²) in [5.41, 5.74) is 0. The minimum Gasteiger partial charge on any atom is -0.427 e. The molecule has 2 nitrogen and oxygen atoms in total. The van der Waals surface area contributed by atoms with Crippen molar-refractivity contribution < 1.29 is 22.7 Å². The predicted molar refractivity (Wildman–Crippen MR) is 38.0 cm³/mol. The van der Waals surface area contributed by atoms with Crippen LogP contribution in [0.15, 0.2) is 24.3 Å². The van der Waals surface area contributed by atoms with Gasteiger partial charge in [-0.25, -0.2) is 4.39 Å². The van der Waals surface area contributed by atoms with E-state index in [4.69, 9.17) is 0 Å². The van der Waals surface area contributed by atoms with Crippen LogP contribution in [-0.4, -0.2) is 12.4 Å². The van der Waals surface area contributed by atoms with Crippen molar-refractivity contribution in [3.8, 4) is 5.75 Å². The van der Waals surface area contributed by atoms with Gasteiger partial charge in [-0.15, -0.1) is 0 Å². The van der Waals surface area contributed by atoms with Gasteiger partial charge in [-0.05, 0) is 24.3 Å². The molecule has 0 fully saturated rings. The highest BCUT2D eigenvalue weighted by Crippen LogP contribution is 2.19. The van der Waals surface area contributed by atoms with E-state index in [0.717, 1.165) is 24.3 Å². The van der Waals surface area contributed by atoms with Gasteiger partial charge in [0, 0.05) is 0 Å². The molecule has 70 valence electrons. The average molecular weight is 190 g/mol. The fraction of sp³-hybridized carbons (Fsp3) is 0.125. The highest BCUT2D eigenvalue weighted by molar-refractivity contribution is 5.58. The molecular formula is C8H5F3O2. The summed E-state index contributed by atoms with van der Waals surface area (Å²) in [5.74, 6) is -0.833. The molecule has 5 heteroatoms. The van der Waals surface area contributed by atoms with E-state index in [1.165, 1.54) is 0 Å². The molecule has 0 aliphatic heterocycles. The van der Waals surface area contributed by atoms with Crippen molar-refractivity contribution in [3.05, 3.63) is 30.1 Å². The summed E-state index contributed by atoms with van der Waals surface area (Å²) in [7, 11) is 0. The maximum atomic E-state index is 12.3. The summed E-state index contributed by atoms with van der Waals surface area (Å²) in [6.07, 6.45) is -4.49. The molecule has 0 amide bonds. The maximum absolute atomic E-state index is 12.3. The third kappa shape index (κ3) is 2.77. The second kappa shape index (κ2) is 3.47. The molecule has 13 heavy (non-hydrogen) atoms. The van der Waals surface area contributed by atoms with Crippen LogP contribution in [0.1, 0.15) is 0 Å². The molecule has 0 radical (unpaired) electrons. The normalized spacial score (nSPS) is 11.0. The number of hydrogen-bond acceptors (Lipinski definition) is 2. The summed E-state index contributed by atoms with van der Waals surface area (Å²) in [5, 5.41) is 0. The zero-order chi connectivity index (χ0) is 9.90. The molecule has 1 rings (SSSR count). The van der Waals surface area contributed by atoms with Gasteiger partial charge in [0.15, 0.2) is 0 Å². The van der Waals surface area contributed by atoms with Gasteiger partial charge in [-0.1, -0.05) is 0 Å². The molecule has 0 unspecified atom stereocenters. The van der Waals surface area contributed by atoms with Crippen LogP contribution < -0.4 is 4.74 Å². The van der Waals surface area contributed by atoms with Gasteiger partial charge in [0.1, 0.15) is 11.6 Å². The largest absolute Gasteiger partial charge is 0.457 e. The molecule has 1 aromatic rings. The first kappa shape index (κ1) is 9.57. The first-order chi connectivity index (χ1) is 6.03. The minimum absolute atomic E-state index is 0.265. The summed E-state index contributed by atoms with van der Waals surface area (Å²) in [6.45, 7) is 0. The molecule has 1 aromatic carbocycles. The lowest BCUT2D eigenvalue weighted by Crippen LogP contribution is -2.26. The van der Waals surface area contributed by atoms with Crippen LogP contribution in [0.25, 0.3) is 0 Å². The molecule has 0 saturated heterocycles. The van der Waals surface area contributed by atoms with Gasteiger partial charge in [0.25, 0.3) is 0 Å². The molecule has 0 saturated carbocycles. The highest BCUT2D eigenvalue weighted by atomic mass is 19.3. The lowest BCUT2D eigenvalue weighted by molar-refractivity contribution is -0.176. The number of alkyl halides is 2. The van der Waals surface area contributed by atoms with Crippen LogP contribution in [0, 0.1) is 5.82 Å². The van der Waals surface area contributed by atoms with E-state index in [1.807, 2.05) is 0 Å². The SMILES string of the molecule is O=CC(F)(F)Oc1ccc(F)cc1. The molecule has 0 spiro atoms. The molecule has 0 aliphatic rings. The molecule has 0 aliphatic carbocycles.